The van der Waals surface area contributed by atoms with Gasteiger partial charge in [-0.25, -0.2) is 15.0 Å². The Balaban J connectivity index is 2.04. The first kappa shape index (κ1) is 9.72. The van der Waals surface area contributed by atoms with E-state index in [2.05, 4.69) is 19.9 Å². The first-order valence-corrected chi connectivity index (χ1v) is 5.73. The summed E-state index contributed by atoms with van der Waals surface area (Å²) >= 11 is 0. The number of rotatable bonds is 1. The van der Waals surface area contributed by atoms with Crippen molar-refractivity contribution in [1.29, 1.82) is 0 Å². The molecule has 0 atom stereocenters. The minimum atomic E-state index is -0.293. The number of nitrogens with zero attached hydrogens (tertiary/aromatic N) is 3. The molecule has 1 fully saturated rings. The summed E-state index contributed by atoms with van der Waals surface area (Å²) < 4.78 is 0. The van der Waals surface area contributed by atoms with Gasteiger partial charge in [0, 0.05) is 0 Å². The van der Waals surface area contributed by atoms with Crippen LogP contribution in [0.3, 0.4) is 0 Å². The molecule has 0 spiro atoms. The van der Waals surface area contributed by atoms with Crippen LogP contribution in [0.25, 0.3) is 11.2 Å². The van der Waals surface area contributed by atoms with E-state index in [0.29, 0.717) is 5.65 Å². The average Bonchev–Trinajstić information content (AvgIpc) is 2.74. The molecule has 5 nitrogen and oxygen atoms in total. The van der Waals surface area contributed by atoms with Crippen molar-refractivity contribution in [1.82, 2.24) is 19.9 Å². The second-order valence-electron chi connectivity index (χ2n) is 4.56. The summed E-state index contributed by atoms with van der Waals surface area (Å²) in [5, 5.41) is 0. The van der Waals surface area contributed by atoms with Crippen molar-refractivity contribution < 1.29 is 0 Å². The molecule has 0 bridgehead atoms. The number of hydrogen-bond acceptors (Lipinski definition) is 4. The lowest BCUT2D eigenvalue weighted by Gasteiger charge is -2.31. The predicted octanol–water partition coefficient (Wildman–Crippen LogP) is 1.47. The van der Waals surface area contributed by atoms with Crippen molar-refractivity contribution in [3.05, 3.63) is 18.3 Å². The molecule has 5 heteroatoms. The Bertz CT molecular complexity index is 465. The number of H-pyrrole nitrogens is 1. The largest absolute Gasteiger partial charge is 0.338 e. The number of imidazole rings is 1. The van der Waals surface area contributed by atoms with E-state index in [9.17, 15) is 0 Å². The molecule has 3 rings (SSSR count). The molecule has 0 unspecified atom stereocenters. The van der Waals surface area contributed by atoms with E-state index in [0.717, 1.165) is 24.2 Å². The molecule has 1 aliphatic carbocycles. The third kappa shape index (κ3) is 1.48. The Kier molecular flexibility index (Phi) is 2.14. The fourth-order valence-corrected chi connectivity index (χ4v) is 2.42. The minimum absolute atomic E-state index is 0.293. The third-order valence-electron chi connectivity index (χ3n) is 3.38. The fraction of sp³-hybridized carbons (Fsp3) is 0.545. The second kappa shape index (κ2) is 3.52. The van der Waals surface area contributed by atoms with Gasteiger partial charge >= 0.3 is 0 Å². The van der Waals surface area contributed by atoms with E-state index in [4.69, 9.17) is 5.73 Å². The van der Waals surface area contributed by atoms with Crippen LogP contribution in [-0.2, 0) is 5.54 Å². The van der Waals surface area contributed by atoms with Gasteiger partial charge in [0.1, 0.15) is 17.7 Å². The van der Waals surface area contributed by atoms with E-state index in [1.54, 1.807) is 6.20 Å². The van der Waals surface area contributed by atoms with E-state index in [1.807, 2.05) is 0 Å². The molecule has 2 aromatic rings. The molecular formula is C11H15N5. The van der Waals surface area contributed by atoms with E-state index < -0.39 is 0 Å². The summed E-state index contributed by atoms with van der Waals surface area (Å²) in [6.45, 7) is 0. The molecule has 0 saturated heterocycles. The number of fused-ring (bicyclic) bond motifs is 1. The predicted molar refractivity (Wildman–Crippen MR) is 60.6 cm³/mol. The number of nitrogens with two attached hydrogens (primary N) is 1. The first-order valence-electron chi connectivity index (χ1n) is 5.73. The highest BCUT2D eigenvalue weighted by atomic mass is 15.1. The smallest absolute Gasteiger partial charge is 0.180 e. The van der Waals surface area contributed by atoms with Crippen molar-refractivity contribution >= 4 is 11.2 Å². The van der Waals surface area contributed by atoms with E-state index in [-0.39, 0.29) is 5.54 Å². The molecule has 1 aliphatic rings. The molecule has 0 aliphatic heterocycles. The van der Waals surface area contributed by atoms with Gasteiger partial charge in [0.2, 0.25) is 0 Å². The van der Waals surface area contributed by atoms with Crippen LogP contribution in [0, 0.1) is 0 Å². The van der Waals surface area contributed by atoms with Crippen molar-refractivity contribution in [3.8, 4) is 0 Å². The van der Waals surface area contributed by atoms with Crippen molar-refractivity contribution in [3.63, 3.8) is 0 Å². The maximum absolute atomic E-state index is 6.40. The highest BCUT2D eigenvalue weighted by molar-refractivity contribution is 5.69. The third-order valence-corrected chi connectivity index (χ3v) is 3.38. The lowest BCUT2D eigenvalue weighted by atomic mass is 9.82. The lowest BCUT2D eigenvalue weighted by Crippen LogP contribution is -2.39. The van der Waals surface area contributed by atoms with Crippen LogP contribution in [0.1, 0.15) is 37.9 Å². The van der Waals surface area contributed by atoms with Crippen LogP contribution in [0.2, 0.25) is 0 Å². The normalized spacial score (nSPS) is 20.1. The topological polar surface area (TPSA) is 80.5 Å². The van der Waals surface area contributed by atoms with Gasteiger partial charge < -0.3 is 10.7 Å². The average molecular weight is 217 g/mol. The van der Waals surface area contributed by atoms with Gasteiger partial charge in [-0.15, -0.1) is 0 Å². The lowest BCUT2D eigenvalue weighted by molar-refractivity contribution is 0.289. The highest BCUT2D eigenvalue weighted by Gasteiger charge is 2.32. The maximum atomic E-state index is 6.40. The van der Waals surface area contributed by atoms with Crippen molar-refractivity contribution in [2.75, 3.05) is 0 Å². The number of hydrogen-bond donors (Lipinski definition) is 2. The Labute approximate surface area is 93.5 Å². The highest BCUT2D eigenvalue weighted by Crippen LogP contribution is 2.33. The molecule has 2 aromatic heterocycles. The molecule has 3 N–H and O–H groups in total. The van der Waals surface area contributed by atoms with Crippen LogP contribution in [-0.4, -0.2) is 19.9 Å². The Morgan fingerprint density at radius 3 is 2.81 bits per heavy atom. The van der Waals surface area contributed by atoms with Crippen LogP contribution in [0.15, 0.2) is 12.5 Å². The molecule has 0 amide bonds. The zero-order valence-corrected chi connectivity index (χ0v) is 9.11. The molecule has 1 saturated carbocycles. The molecule has 16 heavy (non-hydrogen) atoms. The second-order valence-corrected chi connectivity index (χ2v) is 4.56. The van der Waals surface area contributed by atoms with Gasteiger partial charge in [0.25, 0.3) is 0 Å². The van der Waals surface area contributed by atoms with Crippen LogP contribution in [0.5, 0.6) is 0 Å². The summed E-state index contributed by atoms with van der Waals surface area (Å²) in [6.07, 6.45) is 8.89. The SMILES string of the molecule is NC1(c2nc3ncncc3[nH]2)CCCCC1. The number of nitrogens with one attached hydrogen (secondary N) is 1. The Morgan fingerprint density at radius 1 is 1.25 bits per heavy atom. The summed E-state index contributed by atoms with van der Waals surface area (Å²) in [5.74, 6) is 0.864. The zero-order chi connectivity index (χ0) is 11.0. The Hall–Kier alpha value is -1.49. The van der Waals surface area contributed by atoms with Gasteiger partial charge in [-0.2, -0.15) is 0 Å². The molecular weight excluding hydrogens is 202 g/mol. The summed E-state index contributed by atoms with van der Waals surface area (Å²) in [4.78, 5) is 15.8. The molecule has 84 valence electrons. The molecule has 0 aromatic carbocycles. The summed E-state index contributed by atoms with van der Waals surface area (Å²) in [5.41, 5.74) is 7.69. The zero-order valence-electron chi connectivity index (χ0n) is 9.11. The minimum Gasteiger partial charge on any atom is -0.338 e. The molecule has 2 heterocycles. The molecule has 0 radical (unpaired) electrons. The van der Waals surface area contributed by atoms with E-state index >= 15 is 0 Å². The first-order chi connectivity index (χ1) is 7.78. The standard InChI is InChI=1S/C11H15N5/c12-11(4-2-1-3-5-11)10-15-8-6-13-7-14-9(8)16-10/h6-7H,1-5,12H2,(H,13,14,15,16). The van der Waals surface area contributed by atoms with E-state index in [1.165, 1.54) is 25.6 Å². The van der Waals surface area contributed by atoms with Crippen molar-refractivity contribution in [2.24, 2.45) is 5.73 Å². The van der Waals surface area contributed by atoms with Gasteiger partial charge in [-0.1, -0.05) is 19.3 Å². The van der Waals surface area contributed by atoms with Gasteiger partial charge in [-0.05, 0) is 12.8 Å². The van der Waals surface area contributed by atoms with Crippen molar-refractivity contribution in [2.45, 2.75) is 37.6 Å². The summed E-state index contributed by atoms with van der Waals surface area (Å²) in [7, 11) is 0. The van der Waals surface area contributed by atoms with Gasteiger partial charge in [0.15, 0.2) is 5.65 Å². The number of aromatic nitrogens is 4. The van der Waals surface area contributed by atoms with Crippen LogP contribution < -0.4 is 5.73 Å². The maximum Gasteiger partial charge on any atom is 0.180 e. The summed E-state index contributed by atoms with van der Waals surface area (Å²) in [6, 6.07) is 0. The Morgan fingerprint density at radius 2 is 2.06 bits per heavy atom. The van der Waals surface area contributed by atoms with Gasteiger partial charge in [0.05, 0.1) is 11.7 Å². The van der Waals surface area contributed by atoms with Crippen LogP contribution in [0.4, 0.5) is 0 Å². The fourth-order valence-electron chi connectivity index (χ4n) is 2.42. The monoisotopic (exact) mass is 217 g/mol. The number of aromatic amines is 1. The van der Waals surface area contributed by atoms with Crippen LogP contribution >= 0.6 is 0 Å². The van der Waals surface area contributed by atoms with Gasteiger partial charge in [-0.3, -0.25) is 0 Å². The quantitative estimate of drug-likeness (QED) is 0.758.